The van der Waals surface area contributed by atoms with Crippen molar-refractivity contribution in [2.45, 2.75) is 44.4 Å². The van der Waals surface area contributed by atoms with Crippen LogP contribution in [0.2, 0.25) is 0 Å². The molecule has 25 heavy (non-hydrogen) atoms. The summed E-state index contributed by atoms with van der Waals surface area (Å²) in [5.74, 6) is -1.20. The smallest absolute Gasteiger partial charge is 0.326 e. The lowest BCUT2D eigenvalue weighted by molar-refractivity contribution is -0.152. The summed E-state index contributed by atoms with van der Waals surface area (Å²) in [6, 6.07) is 2.85. The summed E-state index contributed by atoms with van der Waals surface area (Å²) in [6.45, 7) is 2.29. The van der Waals surface area contributed by atoms with Crippen LogP contribution in [0.25, 0.3) is 0 Å². The average Bonchev–Trinajstić information content (AvgIpc) is 3.32. The van der Waals surface area contributed by atoms with Crippen molar-refractivity contribution in [2.24, 2.45) is 0 Å². The molecule has 0 bridgehead atoms. The summed E-state index contributed by atoms with van der Waals surface area (Å²) >= 11 is 1.70. The molecule has 0 aromatic carbocycles. The number of carboxylic acid groups (broad SMARTS) is 1. The van der Waals surface area contributed by atoms with E-state index in [0.29, 0.717) is 6.42 Å². The minimum absolute atomic E-state index is 0.0587. The molecule has 9 heteroatoms. The van der Waals surface area contributed by atoms with Gasteiger partial charge >= 0.3 is 5.97 Å². The summed E-state index contributed by atoms with van der Waals surface area (Å²) in [7, 11) is 0. The number of thiophene rings is 1. The molecule has 1 saturated heterocycles. The van der Waals surface area contributed by atoms with Crippen LogP contribution in [0.4, 0.5) is 0 Å². The van der Waals surface area contributed by atoms with E-state index in [9.17, 15) is 14.7 Å². The Balaban J connectivity index is 1.51. The van der Waals surface area contributed by atoms with E-state index in [-0.39, 0.29) is 24.9 Å². The fourth-order valence-electron chi connectivity index (χ4n) is 3.43. The third kappa shape index (κ3) is 2.94. The molecule has 2 aliphatic heterocycles. The highest BCUT2D eigenvalue weighted by atomic mass is 32.1. The van der Waals surface area contributed by atoms with Crippen LogP contribution in [0.5, 0.6) is 0 Å². The molecule has 2 aromatic rings. The molecule has 4 N–H and O–H groups in total. The standard InChI is InChI=1S/C16H19N5O3S/c1-8-2-3-14(25-8)10-4-11(20-19-10)15(22)21-6-12-9(17-7-18-12)5-13(21)16(23)24/h2-3,7,10-11,13,19-20H,4-6H2,1H3,(H,17,18)(H,23,24). The lowest BCUT2D eigenvalue weighted by Crippen LogP contribution is -2.54. The van der Waals surface area contributed by atoms with Crippen LogP contribution in [-0.2, 0) is 22.6 Å². The van der Waals surface area contributed by atoms with Gasteiger partial charge < -0.3 is 15.0 Å². The highest BCUT2D eigenvalue weighted by molar-refractivity contribution is 7.12. The normalized spacial score (nSPS) is 25.8. The minimum atomic E-state index is -1.00. The van der Waals surface area contributed by atoms with Crippen LogP contribution >= 0.6 is 11.3 Å². The minimum Gasteiger partial charge on any atom is -0.480 e. The van der Waals surface area contributed by atoms with Crippen molar-refractivity contribution in [3.05, 3.63) is 39.6 Å². The van der Waals surface area contributed by atoms with Crippen molar-refractivity contribution in [1.29, 1.82) is 0 Å². The number of carbonyl (C=O) groups is 2. The topological polar surface area (TPSA) is 110 Å². The Morgan fingerprint density at radius 3 is 2.92 bits per heavy atom. The van der Waals surface area contributed by atoms with Crippen LogP contribution in [0.1, 0.15) is 33.6 Å². The van der Waals surface area contributed by atoms with Gasteiger partial charge in [-0.1, -0.05) is 0 Å². The number of nitrogens with one attached hydrogen (secondary N) is 3. The maximum Gasteiger partial charge on any atom is 0.326 e. The molecule has 0 saturated carbocycles. The first-order valence-corrected chi connectivity index (χ1v) is 8.96. The van der Waals surface area contributed by atoms with Gasteiger partial charge in [0.25, 0.3) is 0 Å². The third-order valence-corrected chi connectivity index (χ3v) is 5.89. The van der Waals surface area contributed by atoms with E-state index in [2.05, 4.69) is 33.0 Å². The van der Waals surface area contributed by atoms with Gasteiger partial charge in [0.2, 0.25) is 5.91 Å². The molecular weight excluding hydrogens is 342 g/mol. The SMILES string of the molecule is Cc1ccc(C2CC(C(=O)N3Cc4[nH]cnc4CC3C(=O)O)NN2)s1. The molecular formula is C16H19N5O3S. The Kier molecular flexibility index (Phi) is 4.06. The number of rotatable bonds is 3. The zero-order chi connectivity index (χ0) is 17.6. The second-order valence-electron chi connectivity index (χ2n) is 6.43. The number of aromatic amines is 1. The quantitative estimate of drug-likeness (QED) is 0.641. The van der Waals surface area contributed by atoms with Gasteiger partial charge in [0.15, 0.2) is 0 Å². The number of hydrazine groups is 1. The molecule has 4 heterocycles. The Morgan fingerprint density at radius 1 is 1.36 bits per heavy atom. The van der Waals surface area contributed by atoms with Crippen molar-refractivity contribution < 1.29 is 14.7 Å². The number of aryl methyl sites for hydroxylation is 1. The average molecular weight is 361 g/mol. The fourth-order valence-corrected chi connectivity index (χ4v) is 4.37. The van der Waals surface area contributed by atoms with Crippen LogP contribution in [-0.4, -0.2) is 43.9 Å². The van der Waals surface area contributed by atoms with Gasteiger partial charge in [-0.3, -0.25) is 4.79 Å². The monoisotopic (exact) mass is 361 g/mol. The predicted molar refractivity (Wildman–Crippen MR) is 90.7 cm³/mol. The van der Waals surface area contributed by atoms with E-state index >= 15 is 0 Å². The van der Waals surface area contributed by atoms with E-state index in [1.807, 2.05) is 6.92 Å². The van der Waals surface area contributed by atoms with Crippen molar-refractivity contribution >= 4 is 23.2 Å². The molecule has 132 valence electrons. The number of amides is 1. The Bertz CT molecular complexity index is 816. The van der Waals surface area contributed by atoms with E-state index in [0.717, 1.165) is 11.4 Å². The number of imidazole rings is 1. The van der Waals surface area contributed by atoms with Gasteiger partial charge in [-0.15, -0.1) is 11.3 Å². The fraction of sp³-hybridized carbons (Fsp3) is 0.438. The van der Waals surface area contributed by atoms with Crippen molar-refractivity contribution in [1.82, 2.24) is 25.7 Å². The number of H-pyrrole nitrogens is 1. The van der Waals surface area contributed by atoms with Crippen LogP contribution in [0.3, 0.4) is 0 Å². The second-order valence-corrected chi connectivity index (χ2v) is 7.75. The maximum atomic E-state index is 13.0. The third-order valence-electron chi connectivity index (χ3n) is 4.77. The highest BCUT2D eigenvalue weighted by Crippen LogP contribution is 2.30. The lowest BCUT2D eigenvalue weighted by atomic mass is 10.00. The molecule has 1 amide bonds. The van der Waals surface area contributed by atoms with E-state index < -0.39 is 18.1 Å². The Labute approximate surface area is 148 Å². The van der Waals surface area contributed by atoms with Crippen molar-refractivity contribution in [3.8, 4) is 0 Å². The summed E-state index contributed by atoms with van der Waals surface area (Å²) in [6.07, 6.45) is 2.37. The first-order chi connectivity index (χ1) is 12.0. The number of carbonyl (C=O) groups excluding carboxylic acids is 1. The molecule has 3 atom stereocenters. The molecule has 1 fully saturated rings. The van der Waals surface area contributed by atoms with Gasteiger partial charge in [0, 0.05) is 16.2 Å². The Hall–Kier alpha value is -2.23. The van der Waals surface area contributed by atoms with Gasteiger partial charge in [0.1, 0.15) is 12.1 Å². The summed E-state index contributed by atoms with van der Waals surface area (Å²) < 4.78 is 0. The lowest BCUT2D eigenvalue weighted by Gasteiger charge is -2.33. The molecule has 0 aliphatic carbocycles. The molecule has 3 unspecified atom stereocenters. The molecule has 8 nitrogen and oxygen atoms in total. The van der Waals surface area contributed by atoms with E-state index in [1.165, 1.54) is 14.7 Å². The number of hydrogen-bond acceptors (Lipinski definition) is 6. The summed E-state index contributed by atoms with van der Waals surface area (Å²) in [5.41, 5.74) is 7.73. The number of hydrogen-bond donors (Lipinski definition) is 4. The van der Waals surface area contributed by atoms with Gasteiger partial charge in [0.05, 0.1) is 30.3 Å². The zero-order valence-electron chi connectivity index (χ0n) is 13.7. The molecule has 2 aromatic heterocycles. The van der Waals surface area contributed by atoms with Crippen molar-refractivity contribution in [2.75, 3.05) is 0 Å². The van der Waals surface area contributed by atoms with Gasteiger partial charge in [-0.05, 0) is 25.5 Å². The highest BCUT2D eigenvalue weighted by Gasteiger charge is 2.41. The maximum absolute atomic E-state index is 13.0. The number of fused-ring (bicyclic) bond motifs is 1. The number of nitrogens with zero attached hydrogens (tertiary/aromatic N) is 2. The van der Waals surface area contributed by atoms with Gasteiger partial charge in [-0.2, -0.15) is 0 Å². The number of aliphatic carboxylic acids is 1. The number of carboxylic acids is 1. The number of aromatic nitrogens is 2. The van der Waals surface area contributed by atoms with Crippen molar-refractivity contribution in [3.63, 3.8) is 0 Å². The largest absolute Gasteiger partial charge is 0.480 e. The van der Waals surface area contributed by atoms with Crippen LogP contribution in [0, 0.1) is 6.92 Å². The first-order valence-electron chi connectivity index (χ1n) is 8.14. The summed E-state index contributed by atoms with van der Waals surface area (Å²) in [5, 5.41) is 9.53. The molecule has 0 radical (unpaired) electrons. The molecule has 2 aliphatic rings. The second kappa shape index (κ2) is 6.25. The molecule has 4 rings (SSSR count). The van der Waals surface area contributed by atoms with Crippen LogP contribution in [0.15, 0.2) is 18.5 Å². The molecule has 0 spiro atoms. The predicted octanol–water partition coefficient (Wildman–Crippen LogP) is 0.725. The van der Waals surface area contributed by atoms with E-state index in [1.54, 1.807) is 17.7 Å². The van der Waals surface area contributed by atoms with E-state index in [4.69, 9.17) is 0 Å². The summed E-state index contributed by atoms with van der Waals surface area (Å²) in [4.78, 5) is 35.6. The van der Waals surface area contributed by atoms with Gasteiger partial charge in [-0.25, -0.2) is 20.6 Å². The first kappa shape index (κ1) is 16.2. The Morgan fingerprint density at radius 2 is 2.20 bits per heavy atom. The van der Waals surface area contributed by atoms with Crippen LogP contribution < -0.4 is 10.9 Å². The zero-order valence-corrected chi connectivity index (χ0v) is 14.5.